The Balaban J connectivity index is 0.00000312. The predicted octanol–water partition coefficient (Wildman–Crippen LogP) is 2.12. The first-order valence-corrected chi connectivity index (χ1v) is 8.24. The first kappa shape index (κ1) is 21.4. The first-order valence-electron chi connectivity index (χ1n) is 8.24. The molecule has 0 amide bonds. The van der Waals surface area contributed by atoms with E-state index in [4.69, 9.17) is 15.6 Å². The van der Waals surface area contributed by atoms with E-state index in [1.165, 1.54) is 0 Å². The summed E-state index contributed by atoms with van der Waals surface area (Å²) >= 11 is 0. The molecule has 6 nitrogen and oxygen atoms in total. The maximum absolute atomic E-state index is 12.1. The standard InChI is InChI=1S/C18H26N2O4.Li.H/c1-18(2,3)24-16(23)11-20-10-12(6-4-9-15(21)22)17-13(19)7-5-8-14(17)20;;/h5,7-8,12H,4,6,9-11,19H2,1-3H3,(H,21,22);;. The van der Waals surface area contributed by atoms with Crippen LogP contribution >= 0.6 is 0 Å². The molecule has 1 atom stereocenters. The Morgan fingerprint density at radius 2 is 2.04 bits per heavy atom. The number of fused-ring (bicyclic) bond motifs is 1. The summed E-state index contributed by atoms with van der Waals surface area (Å²) in [5, 5.41) is 8.82. The number of carboxylic acids is 1. The number of rotatable bonds is 6. The van der Waals surface area contributed by atoms with Gasteiger partial charge in [-0.3, -0.25) is 9.59 Å². The van der Waals surface area contributed by atoms with Crippen molar-refractivity contribution in [3.63, 3.8) is 0 Å². The average molecular weight is 342 g/mol. The van der Waals surface area contributed by atoms with Gasteiger partial charge in [0.15, 0.2) is 0 Å². The molecule has 3 N–H and O–H groups in total. The van der Waals surface area contributed by atoms with E-state index < -0.39 is 11.6 Å². The molecule has 1 aromatic carbocycles. The SMILES string of the molecule is CC(C)(C)OC(=O)CN1CC(CCCC(=O)O)c2c(N)cccc21.[LiH]. The summed E-state index contributed by atoms with van der Waals surface area (Å²) in [5.41, 5.74) is 8.27. The van der Waals surface area contributed by atoms with Crippen LogP contribution in [0.3, 0.4) is 0 Å². The van der Waals surface area contributed by atoms with Crippen LogP contribution in [0.2, 0.25) is 0 Å². The van der Waals surface area contributed by atoms with Gasteiger partial charge in [0.2, 0.25) is 0 Å². The summed E-state index contributed by atoms with van der Waals surface area (Å²) in [6.45, 7) is 6.35. The van der Waals surface area contributed by atoms with E-state index in [1.54, 1.807) is 0 Å². The van der Waals surface area contributed by atoms with Gasteiger partial charge in [0.25, 0.3) is 0 Å². The van der Waals surface area contributed by atoms with Crippen molar-refractivity contribution in [2.75, 3.05) is 23.7 Å². The summed E-state index contributed by atoms with van der Waals surface area (Å²) in [7, 11) is 0. The van der Waals surface area contributed by atoms with Crippen LogP contribution in [-0.2, 0) is 14.3 Å². The summed E-state index contributed by atoms with van der Waals surface area (Å²) in [5.74, 6) is -0.926. The van der Waals surface area contributed by atoms with Crippen LogP contribution in [0.25, 0.3) is 0 Å². The van der Waals surface area contributed by atoms with Gasteiger partial charge in [-0.15, -0.1) is 0 Å². The number of ether oxygens (including phenoxy) is 1. The Kier molecular flexibility index (Phi) is 7.40. The molecule has 0 radical (unpaired) electrons. The van der Waals surface area contributed by atoms with E-state index in [-0.39, 0.29) is 43.7 Å². The van der Waals surface area contributed by atoms with Crippen LogP contribution in [0.1, 0.15) is 51.5 Å². The summed E-state index contributed by atoms with van der Waals surface area (Å²) < 4.78 is 5.40. The Hall–Kier alpha value is -1.64. The van der Waals surface area contributed by atoms with Crippen LogP contribution < -0.4 is 10.6 Å². The molecular formula is C18H27LiN2O4. The van der Waals surface area contributed by atoms with Gasteiger partial charge < -0.3 is 20.5 Å². The van der Waals surface area contributed by atoms with Gasteiger partial charge in [-0.2, -0.15) is 0 Å². The van der Waals surface area contributed by atoms with Gasteiger partial charge >= 0.3 is 30.8 Å². The number of benzene rings is 1. The molecule has 1 heterocycles. The first-order chi connectivity index (χ1) is 11.2. The van der Waals surface area contributed by atoms with Crippen molar-refractivity contribution >= 4 is 42.2 Å². The molecule has 0 aromatic heterocycles. The van der Waals surface area contributed by atoms with Crippen LogP contribution in [0.5, 0.6) is 0 Å². The van der Waals surface area contributed by atoms with E-state index in [2.05, 4.69) is 0 Å². The van der Waals surface area contributed by atoms with E-state index >= 15 is 0 Å². The maximum atomic E-state index is 12.1. The van der Waals surface area contributed by atoms with Gasteiger partial charge in [-0.1, -0.05) is 6.07 Å². The average Bonchev–Trinajstić information content (AvgIpc) is 2.76. The van der Waals surface area contributed by atoms with Crippen molar-refractivity contribution in [3.05, 3.63) is 23.8 Å². The van der Waals surface area contributed by atoms with Gasteiger partial charge in [0.1, 0.15) is 12.1 Å². The fraction of sp³-hybridized carbons (Fsp3) is 0.556. The monoisotopic (exact) mass is 342 g/mol. The molecule has 1 aliphatic rings. The molecule has 7 heteroatoms. The zero-order valence-corrected chi connectivity index (χ0v) is 14.5. The Labute approximate surface area is 160 Å². The Morgan fingerprint density at radius 1 is 1.36 bits per heavy atom. The predicted molar refractivity (Wildman–Crippen MR) is 100 cm³/mol. The van der Waals surface area contributed by atoms with Crippen LogP contribution in [0.15, 0.2) is 18.2 Å². The third kappa shape index (κ3) is 5.98. The van der Waals surface area contributed by atoms with Gasteiger partial charge in [0.05, 0.1) is 0 Å². The molecule has 25 heavy (non-hydrogen) atoms. The second kappa shape index (κ2) is 8.64. The topological polar surface area (TPSA) is 92.9 Å². The van der Waals surface area contributed by atoms with Crippen LogP contribution in [0, 0.1) is 0 Å². The molecule has 1 aromatic rings. The van der Waals surface area contributed by atoms with E-state index in [1.807, 2.05) is 43.9 Å². The van der Waals surface area contributed by atoms with Crippen molar-refractivity contribution in [3.8, 4) is 0 Å². The normalized spacial score (nSPS) is 16.1. The zero-order chi connectivity index (χ0) is 17.9. The molecule has 0 fully saturated rings. The zero-order valence-electron chi connectivity index (χ0n) is 14.5. The van der Waals surface area contributed by atoms with Crippen molar-refractivity contribution < 1.29 is 19.4 Å². The Bertz CT molecular complexity index is 628. The quantitative estimate of drug-likeness (QED) is 0.467. The third-order valence-corrected chi connectivity index (χ3v) is 3.99. The molecular weight excluding hydrogens is 315 g/mol. The third-order valence-electron chi connectivity index (χ3n) is 3.99. The molecule has 1 unspecified atom stereocenters. The molecule has 2 rings (SSSR count). The van der Waals surface area contributed by atoms with Gasteiger partial charge in [-0.25, -0.2) is 0 Å². The number of esters is 1. The number of hydrogen-bond acceptors (Lipinski definition) is 5. The van der Waals surface area contributed by atoms with Crippen molar-refractivity contribution in [2.24, 2.45) is 0 Å². The van der Waals surface area contributed by atoms with Crippen molar-refractivity contribution in [2.45, 2.75) is 51.6 Å². The molecule has 134 valence electrons. The van der Waals surface area contributed by atoms with Crippen molar-refractivity contribution in [1.29, 1.82) is 0 Å². The Morgan fingerprint density at radius 3 is 2.64 bits per heavy atom. The summed E-state index contributed by atoms with van der Waals surface area (Å²) in [6.07, 6.45) is 1.47. The molecule has 0 aliphatic carbocycles. The molecule has 0 saturated heterocycles. The number of carbonyl (C=O) groups is 2. The molecule has 1 aliphatic heterocycles. The van der Waals surface area contributed by atoms with Gasteiger partial charge in [-0.05, 0) is 45.7 Å². The molecule has 0 saturated carbocycles. The number of hydrogen-bond donors (Lipinski definition) is 2. The second-order valence-corrected chi connectivity index (χ2v) is 7.23. The van der Waals surface area contributed by atoms with Crippen LogP contribution in [0.4, 0.5) is 11.4 Å². The minimum atomic E-state index is -0.792. The number of aliphatic carboxylic acids is 1. The van der Waals surface area contributed by atoms with E-state index in [9.17, 15) is 9.59 Å². The number of carboxylic acid groups (broad SMARTS) is 1. The van der Waals surface area contributed by atoms with Crippen LogP contribution in [-0.4, -0.2) is 54.6 Å². The van der Waals surface area contributed by atoms with E-state index in [0.717, 1.165) is 17.7 Å². The fourth-order valence-corrected chi connectivity index (χ4v) is 3.16. The summed E-state index contributed by atoms with van der Waals surface area (Å²) in [4.78, 5) is 24.9. The minimum absolute atomic E-state index is 0. The summed E-state index contributed by atoms with van der Waals surface area (Å²) in [6, 6.07) is 5.67. The number of nitrogen functional groups attached to an aromatic ring is 1. The van der Waals surface area contributed by atoms with Gasteiger partial charge in [0, 0.05) is 35.8 Å². The fourth-order valence-electron chi connectivity index (χ4n) is 3.16. The second-order valence-electron chi connectivity index (χ2n) is 7.23. The number of carbonyl (C=O) groups excluding carboxylic acids is 1. The van der Waals surface area contributed by atoms with Crippen molar-refractivity contribution in [1.82, 2.24) is 0 Å². The molecule has 0 spiro atoms. The number of nitrogens with zero attached hydrogens (tertiary/aromatic N) is 1. The molecule has 0 bridgehead atoms. The van der Waals surface area contributed by atoms with E-state index in [0.29, 0.717) is 18.7 Å². The number of anilines is 2. The number of nitrogens with two attached hydrogens (primary N) is 1.